The van der Waals surface area contributed by atoms with Gasteiger partial charge in [0.25, 0.3) is 0 Å². The third-order valence-corrected chi connectivity index (χ3v) is 5.64. The molecule has 0 aliphatic carbocycles. The molecule has 0 spiro atoms. The van der Waals surface area contributed by atoms with E-state index in [1.165, 1.54) is 29.6 Å². The van der Waals surface area contributed by atoms with Gasteiger partial charge in [-0.1, -0.05) is 12.1 Å². The molecule has 1 aromatic rings. The van der Waals surface area contributed by atoms with Crippen molar-refractivity contribution in [2.45, 2.75) is 23.8 Å². The topological polar surface area (TPSA) is 40.6 Å². The number of hydrogen-bond acceptors (Lipinski definition) is 3. The third kappa shape index (κ3) is 2.96. The Hall–Kier alpha value is -0.980. The first-order valence-corrected chi connectivity index (χ1v) is 7.78. The summed E-state index contributed by atoms with van der Waals surface area (Å²) in [7, 11) is -0.192. The summed E-state index contributed by atoms with van der Waals surface area (Å²) in [5.74, 6) is -0.692. The van der Waals surface area contributed by atoms with Gasteiger partial charge in [0.05, 0.1) is 0 Å². The maximum atomic E-state index is 13.7. The Morgan fingerprint density at radius 2 is 1.84 bits per heavy atom. The predicted molar refractivity (Wildman–Crippen MR) is 71.9 cm³/mol. The maximum absolute atomic E-state index is 13.7. The van der Waals surface area contributed by atoms with Gasteiger partial charge in [0.1, 0.15) is 10.7 Å². The van der Waals surface area contributed by atoms with Gasteiger partial charge in [-0.3, -0.25) is 0 Å². The molecule has 106 valence electrons. The minimum atomic E-state index is -3.75. The Morgan fingerprint density at radius 1 is 1.26 bits per heavy atom. The van der Waals surface area contributed by atoms with E-state index in [2.05, 4.69) is 4.90 Å². The molecule has 1 saturated heterocycles. The molecule has 0 bridgehead atoms. The standard InChI is InChI=1S/C13H19FN2O2S/c1-15-9-7-11(8-10-15)16(2)19(17,18)13-6-4-3-5-12(13)14/h3-6,11H,7-10H2,1-2H3. The van der Waals surface area contributed by atoms with Crippen LogP contribution in [-0.2, 0) is 10.0 Å². The summed E-state index contributed by atoms with van der Waals surface area (Å²) in [5.41, 5.74) is 0. The largest absolute Gasteiger partial charge is 0.306 e. The lowest BCUT2D eigenvalue weighted by molar-refractivity contribution is 0.197. The SMILES string of the molecule is CN1CCC(N(C)S(=O)(=O)c2ccccc2F)CC1. The molecule has 1 fully saturated rings. The zero-order valence-electron chi connectivity index (χ0n) is 11.2. The van der Waals surface area contributed by atoms with Gasteiger partial charge in [0, 0.05) is 13.1 Å². The molecule has 6 heteroatoms. The van der Waals surface area contributed by atoms with Crippen LogP contribution in [-0.4, -0.2) is 50.8 Å². The lowest BCUT2D eigenvalue weighted by Gasteiger charge is -2.34. The first-order chi connectivity index (χ1) is 8.93. The van der Waals surface area contributed by atoms with E-state index >= 15 is 0 Å². The maximum Gasteiger partial charge on any atom is 0.245 e. The van der Waals surface area contributed by atoms with Crippen LogP contribution in [0, 0.1) is 5.82 Å². The van der Waals surface area contributed by atoms with Crippen LogP contribution in [0.3, 0.4) is 0 Å². The first-order valence-electron chi connectivity index (χ1n) is 6.34. The number of sulfonamides is 1. The highest BCUT2D eigenvalue weighted by Gasteiger charge is 2.31. The Morgan fingerprint density at radius 3 is 2.42 bits per heavy atom. The molecule has 1 heterocycles. The predicted octanol–water partition coefficient (Wildman–Crippen LogP) is 1.54. The van der Waals surface area contributed by atoms with Gasteiger partial charge in [-0.2, -0.15) is 4.31 Å². The van der Waals surface area contributed by atoms with E-state index in [4.69, 9.17) is 0 Å². The van der Waals surface area contributed by atoms with E-state index < -0.39 is 15.8 Å². The zero-order valence-corrected chi connectivity index (χ0v) is 12.0. The molecule has 0 atom stereocenters. The van der Waals surface area contributed by atoms with Crippen LogP contribution < -0.4 is 0 Å². The molecule has 2 rings (SSSR count). The molecule has 4 nitrogen and oxygen atoms in total. The summed E-state index contributed by atoms with van der Waals surface area (Å²) in [5, 5.41) is 0. The highest BCUT2D eigenvalue weighted by molar-refractivity contribution is 7.89. The van der Waals surface area contributed by atoms with E-state index in [9.17, 15) is 12.8 Å². The van der Waals surface area contributed by atoms with Crippen molar-refractivity contribution in [3.63, 3.8) is 0 Å². The van der Waals surface area contributed by atoms with Gasteiger partial charge >= 0.3 is 0 Å². The van der Waals surface area contributed by atoms with Crippen LogP contribution in [0.15, 0.2) is 29.2 Å². The Balaban J connectivity index is 2.23. The van der Waals surface area contributed by atoms with Gasteiger partial charge in [0.2, 0.25) is 10.0 Å². The highest BCUT2D eigenvalue weighted by Crippen LogP contribution is 2.23. The minimum absolute atomic E-state index is 0.0548. The number of hydrogen-bond donors (Lipinski definition) is 0. The van der Waals surface area contributed by atoms with Crippen molar-refractivity contribution in [3.05, 3.63) is 30.1 Å². The van der Waals surface area contributed by atoms with E-state index in [0.29, 0.717) is 0 Å². The molecule has 19 heavy (non-hydrogen) atoms. The van der Waals surface area contributed by atoms with Gasteiger partial charge < -0.3 is 4.90 Å². The third-order valence-electron chi connectivity index (χ3n) is 3.70. The van der Waals surface area contributed by atoms with Gasteiger partial charge in [-0.05, 0) is 45.1 Å². The van der Waals surface area contributed by atoms with Crippen LogP contribution in [0.25, 0.3) is 0 Å². The van der Waals surface area contributed by atoms with Crippen molar-refractivity contribution in [3.8, 4) is 0 Å². The minimum Gasteiger partial charge on any atom is -0.306 e. The second-order valence-electron chi connectivity index (χ2n) is 4.99. The highest BCUT2D eigenvalue weighted by atomic mass is 32.2. The number of rotatable bonds is 3. The molecular weight excluding hydrogens is 267 g/mol. The van der Waals surface area contributed by atoms with Gasteiger partial charge in [-0.15, -0.1) is 0 Å². The van der Waals surface area contributed by atoms with E-state index in [1.807, 2.05) is 7.05 Å². The van der Waals surface area contributed by atoms with E-state index in [-0.39, 0.29) is 10.9 Å². The molecule has 1 aromatic carbocycles. The van der Waals surface area contributed by atoms with Crippen molar-refractivity contribution in [1.82, 2.24) is 9.21 Å². The Bertz CT molecular complexity index is 539. The summed E-state index contributed by atoms with van der Waals surface area (Å²) in [4.78, 5) is 1.93. The second-order valence-corrected chi connectivity index (χ2v) is 6.95. The quantitative estimate of drug-likeness (QED) is 0.846. The fourth-order valence-electron chi connectivity index (χ4n) is 2.36. The summed E-state index contributed by atoms with van der Waals surface area (Å²) < 4.78 is 39.8. The van der Waals surface area contributed by atoms with Gasteiger partial charge in [0.15, 0.2) is 0 Å². The molecule has 0 aromatic heterocycles. The number of benzene rings is 1. The van der Waals surface area contributed by atoms with Crippen molar-refractivity contribution < 1.29 is 12.8 Å². The van der Waals surface area contributed by atoms with Crippen molar-refractivity contribution in [1.29, 1.82) is 0 Å². The Labute approximate surface area is 113 Å². The molecule has 0 N–H and O–H groups in total. The normalized spacial score (nSPS) is 18.9. The van der Waals surface area contributed by atoms with Crippen molar-refractivity contribution >= 4 is 10.0 Å². The van der Waals surface area contributed by atoms with Crippen molar-refractivity contribution in [2.75, 3.05) is 27.2 Å². The molecular formula is C13H19FN2O2S. The van der Waals surface area contributed by atoms with Crippen LogP contribution in [0.4, 0.5) is 4.39 Å². The number of halogens is 1. The van der Waals surface area contributed by atoms with Gasteiger partial charge in [-0.25, -0.2) is 12.8 Å². The van der Waals surface area contributed by atoms with Crippen LogP contribution >= 0.6 is 0 Å². The zero-order chi connectivity index (χ0) is 14.0. The summed E-state index contributed by atoms with van der Waals surface area (Å²) in [6.07, 6.45) is 1.56. The molecule has 1 aliphatic heterocycles. The number of piperidine rings is 1. The molecule has 0 amide bonds. The second kappa shape index (κ2) is 5.56. The molecule has 0 unspecified atom stereocenters. The fourth-order valence-corrected chi connectivity index (χ4v) is 3.84. The summed E-state index contributed by atoms with van der Waals surface area (Å²) in [6.45, 7) is 1.73. The van der Waals surface area contributed by atoms with Crippen LogP contribution in [0.1, 0.15) is 12.8 Å². The van der Waals surface area contributed by atoms with E-state index in [1.54, 1.807) is 6.07 Å². The van der Waals surface area contributed by atoms with Crippen LogP contribution in [0.5, 0.6) is 0 Å². The number of nitrogens with zero attached hydrogens (tertiary/aromatic N) is 2. The van der Waals surface area contributed by atoms with Crippen molar-refractivity contribution in [2.24, 2.45) is 0 Å². The monoisotopic (exact) mass is 286 g/mol. The first kappa shape index (κ1) is 14.4. The Kier molecular flexibility index (Phi) is 4.23. The van der Waals surface area contributed by atoms with E-state index in [0.717, 1.165) is 25.9 Å². The average molecular weight is 286 g/mol. The summed E-state index contributed by atoms with van der Waals surface area (Å²) in [6, 6.07) is 5.47. The molecule has 0 radical (unpaired) electrons. The smallest absolute Gasteiger partial charge is 0.245 e. The average Bonchev–Trinajstić information content (AvgIpc) is 2.39. The lowest BCUT2D eigenvalue weighted by atomic mass is 10.1. The summed E-state index contributed by atoms with van der Waals surface area (Å²) >= 11 is 0. The number of likely N-dealkylation sites (tertiary alicyclic amines) is 1. The van der Waals surface area contributed by atoms with Crippen LogP contribution in [0.2, 0.25) is 0 Å². The molecule has 0 saturated carbocycles. The lowest BCUT2D eigenvalue weighted by Crippen LogP contribution is -2.44. The fraction of sp³-hybridized carbons (Fsp3) is 0.538. The molecule has 1 aliphatic rings.